The van der Waals surface area contributed by atoms with Gasteiger partial charge >= 0.3 is 53.6 Å². The average Bonchev–Trinajstić information content (AvgIpc) is 2.65. The molecule has 0 saturated heterocycles. The highest BCUT2D eigenvalue weighted by molar-refractivity contribution is 5.90. The molecule has 2 nitrogen and oxygen atoms in total. The first-order chi connectivity index (χ1) is 15.5. The Kier molecular flexibility index (Phi) is 8.77. The number of hydrogen-bond acceptors (Lipinski definition) is 2. The van der Waals surface area contributed by atoms with Crippen molar-refractivity contribution in [2.45, 2.75) is 66.9 Å². The molecule has 0 heterocycles. The van der Waals surface area contributed by atoms with Crippen molar-refractivity contribution < 1.29 is 92.9 Å². The Morgan fingerprint density at radius 1 is 0.556 bits per heavy atom. The lowest BCUT2D eigenvalue weighted by Crippen LogP contribution is -2.75. The molecule has 0 aliphatic carbocycles. The number of halogens is 19. The molecule has 0 saturated carbocycles. The van der Waals surface area contributed by atoms with Gasteiger partial charge in [0.25, 0.3) is 0 Å². The van der Waals surface area contributed by atoms with Crippen molar-refractivity contribution in [1.29, 1.82) is 0 Å². The third-order valence-corrected chi connectivity index (χ3v) is 4.09. The fourth-order valence-corrected chi connectivity index (χ4v) is 2.00. The lowest BCUT2D eigenvalue weighted by atomic mass is 9.86. The van der Waals surface area contributed by atoms with Crippen molar-refractivity contribution >= 4 is 5.78 Å². The van der Waals surface area contributed by atoms with Crippen molar-refractivity contribution in [3.8, 4) is 0 Å². The van der Waals surface area contributed by atoms with Gasteiger partial charge in [-0.3, -0.25) is 4.79 Å². The highest BCUT2D eigenvalue weighted by Crippen LogP contribution is 2.65. The van der Waals surface area contributed by atoms with Crippen molar-refractivity contribution in [2.75, 3.05) is 6.61 Å². The number of carbonyl (C=O) groups excluding carboxylic acids is 1. The van der Waals surface area contributed by atoms with Crippen molar-refractivity contribution in [1.82, 2.24) is 0 Å². The first kappa shape index (κ1) is 33.9. The summed E-state index contributed by atoms with van der Waals surface area (Å²) in [7, 11) is 0. The lowest BCUT2D eigenvalue weighted by molar-refractivity contribution is -0.468. The zero-order valence-corrected chi connectivity index (χ0v) is 16.6. The molecule has 0 aromatic rings. The SMILES string of the molecule is CCO/C=C/C(=O)CC(F)(F)C(F)(F)C(F)(F)C(F)(F)C(F)(F)C(F)(F)C(F)(F)C(F)(F)C(F)(F)F. The van der Waals surface area contributed by atoms with Crippen LogP contribution in [0.4, 0.5) is 83.4 Å². The largest absolute Gasteiger partial charge is 0.501 e. The summed E-state index contributed by atoms with van der Waals surface area (Å²) in [4.78, 5) is 11.1. The third kappa shape index (κ3) is 4.76. The topological polar surface area (TPSA) is 26.3 Å². The van der Waals surface area contributed by atoms with Gasteiger partial charge in [-0.25, -0.2) is 0 Å². The highest BCUT2D eigenvalue weighted by atomic mass is 19.4. The van der Waals surface area contributed by atoms with Gasteiger partial charge in [-0.15, -0.1) is 0 Å². The van der Waals surface area contributed by atoms with Gasteiger partial charge in [-0.05, 0) is 6.92 Å². The summed E-state index contributed by atoms with van der Waals surface area (Å²) in [6, 6.07) is 0. The van der Waals surface area contributed by atoms with Crippen molar-refractivity contribution in [3.05, 3.63) is 12.3 Å². The third-order valence-electron chi connectivity index (χ3n) is 4.09. The van der Waals surface area contributed by atoms with Crippen LogP contribution in [0.3, 0.4) is 0 Å². The van der Waals surface area contributed by atoms with Crippen LogP contribution in [0.15, 0.2) is 12.3 Å². The number of alkyl halides is 19. The van der Waals surface area contributed by atoms with Crippen LogP contribution in [-0.2, 0) is 9.53 Å². The van der Waals surface area contributed by atoms with Gasteiger partial charge in [-0.1, -0.05) is 0 Å². The van der Waals surface area contributed by atoms with E-state index in [-0.39, 0.29) is 18.9 Å². The molecule has 0 unspecified atom stereocenters. The van der Waals surface area contributed by atoms with E-state index in [9.17, 15) is 88.2 Å². The van der Waals surface area contributed by atoms with Gasteiger partial charge in [0.15, 0.2) is 5.78 Å². The summed E-state index contributed by atoms with van der Waals surface area (Å²) >= 11 is 0. The zero-order valence-electron chi connectivity index (χ0n) is 16.6. The molecule has 0 radical (unpaired) electrons. The van der Waals surface area contributed by atoms with E-state index in [1.807, 2.05) is 0 Å². The number of hydrogen-bond donors (Lipinski definition) is 0. The van der Waals surface area contributed by atoms with E-state index in [0.29, 0.717) is 0 Å². The Labute approximate surface area is 186 Å². The highest BCUT2D eigenvalue weighted by Gasteiger charge is 2.96. The number of ether oxygens (including phenoxy) is 1. The number of allylic oxidation sites excluding steroid dienone is 1. The molecule has 21 heteroatoms. The molecule has 0 aromatic heterocycles. The first-order valence-corrected chi connectivity index (χ1v) is 8.36. The molecule has 0 rings (SSSR count). The van der Waals surface area contributed by atoms with Crippen LogP contribution >= 0.6 is 0 Å². The second-order valence-electron chi connectivity index (χ2n) is 6.62. The minimum Gasteiger partial charge on any atom is -0.501 e. The minimum absolute atomic E-state index is 0.168. The van der Waals surface area contributed by atoms with E-state index in [2.05, 4.69) is 4.74 Å². The molecule has 0 spiro atoms. The van der Waals surface area contributed by atoms with Gasteiger partial charge < -0.3 is 4.74 Å². The van der Waals surface area contributed by atoms with Crippen LogP contribution in [-0.4, -0.2) is 65.9 Å². The van der Waals surface area contributed by atoms with Crippen LogP contribution < -0.4 is 0 Å². The second kappa shape index (κ2) is 9.32. The predicted molar refractivity (Wildman–Crippen MR) is 76.0 cm³/mol. The Morgan fingerprint density at radius 2 is 0.861 bits per heavy atom. The van der Waals surface area contributed by atoms with Gasteiger partial charge in [0.2, 0.25) is 0 Å². The van der Waals surface area contributed by atoms with Crippen molar-refractivity contribution in [2.24, 2.45) is 0 Å². The Balaban J connectivity index is 6.71. The maximum Gasteiger partial charge on any atom is 0.460 e. The molecule has 36 heavy (non-hydrogen) atoms. The lowest BCUT2D eigenvalue weighted by Gasteiger charge is -2.43. The molecule has 214 valence electrons. The van der Waals surface area contributed by atoms with Crippen molar-refractivity contribution in [3.63, 3.8) is 0 Å². The van der Waals surface area contributed by atoms with Crippen LogP contribution in [0.5, 0.6) is 0 Å². The second-order valence-corrected chi connectivity index (χ2v) is 6.62. The van der Waals surface area contributed by atoms with Crippen LogP contribution in [0.2, 0.25) is 0 Å². The van der Waals surface area contributed by atoms with E-state index in [4.69, 9.17) is 0 Å². The van der Waals surface area contributed by atoms with Gasteiger partial charge in [0.1, 0.15) is 0 Å². The molecular formula is C15H9F19O2. The molecule has 0 aromatic carbocycles. The molecule has 0 aliphatic rings. The van der Waals surface area contributed by atoms with Gasteiger partial charge in [-0.2, -0.15) is 83.4 Å². The smallest absolute Gasteiger partial charge is 0.460 e. The Hall–Kier alpha value is -2.12. The van der Waals surface area contributed by atoms with Gasteiger partial charge in [0, 0.05) is 6.08 Å². The fraction of sp³-hybridized carbons (Fsp3) is 0.800. The van der Waals surface area contributed by atoms with E-state index in [1.54, 1.807) is 0 Å². The van der Waals surface area contributed by atoms with E-state index < -0.39 is 65.8 Å². The average molecular weight is 582 g/mol. The monoisotopic (exact) mass is 582 g/mol. The molecule has 0 N–H and O–H groups in total. The van der Waals surface area contributed by atoms with E-state index in [0.717, 1.165) is 0 Å². The molecule has 0 atom stereocenters. The first-order valence-electron chi connectivity index (χ1n) is 8.36. The zero-order chi connectivity index (χ0) is 29.6. The number of rotatable bonds is 12. The number of ketones is 1. The van der Waals surface area contributed by atoms with E-state index >= 15 is 0 Å². The minimum atomic E-state index is -8.99. The quantitative estimate of drug-likeness (QED) is 0.139. The summed E-state index contributed by atoms with van der Waals surface area (Å²) < 4.78 is 253. The van der Waals surface area contributed by atoms with Crippen LogP contribution in [0.25, 0.3) is 0 Å². The maximum absolute atomic E-state index is 13.6. The summed E-state index contributed by atoms with van der Waals surface area (Å²) in [6.07, 6.45) is -11.2. The molecule has 0 bridgehead atoms. The van der Waals surface area contributed by atoms with Crippen LogP contribution in [0, 0.1) is 0 Å². The predicted octanol–water partition coefficient (Wildman–Crippen LogP) is 7.14. The normalized spacial score (nSPS) is 16.0. The van der Waals surface area contributed by atoms with E-state index in [1.165, 1.54) is 6.92 Å². The fourth-order valence-electron chi connectivity index (χ4n) is 2.00. The van der Waals surface area contributed by atoms with Crippen LogP contribution in [0.1, 0.15) is 13.3 Å². The Morgan fingerprint density at radius 3 is 1.17 bits per heavy atom. The standard InChI is InChI=1S/C15H9F19O2/c1-2-36-4-3-6(35)5-7(16,17)8(18,19)9(20,21)10(22,23)11(24,25)12(26,27)13(28,29)14(30,31)15(32,33)34/h3-4H,2,5H2,1H3/b4-3+. The summed E-state index contributed by atoms with van der Waals surface area (Å²) in [5.41, 5.74) is 0. The molecular weight excluding hydrogens is 573 g/mol. The Bertz CT molecular complexity index is 823. The summed E-state index contributed by atoms with van der Waals surface area (Å²) in [5.74, 6) is -69.7. The maximum atomic E-state index is 13.6. The van der Waals surface area contributed by atoms with Gasteiger partial charge in [0.05, 0.1) is 19.3 Å². The molecule has 0 fully saturated rings. The molecule has 0 amide bonds. The number of carbonyl (C=O) groups is 1. The summed E-state index contributed by atoms with van der Waals surface area (Å²) in [6.45, 7) is 0.867. The molecule has 0 aliphatic heterocycles. The summed E-state index contributed by atoms with van der Waals surface area (Å²) in [5, 5.41) is 0.